The maximum atomic E-state index is 12.3. The monoisotopic (exact) mass is 496 g/mol. The molecule has 10 heteroatoms. The molecule has 1 atom stereocenters. The molecule has 0 bridgehead atoms. The van der Waals surface area contributed by atoms with Gasteiger partial charge in [-0.25, -0.2) is 4.99 Å². The number of halogens is 4. The molecule has 0 heterocycles. The lowest BCUT2D eigenvalue weighted by Crippen LogP contribution is -2.41. The second-order valence-corrected chi connectivity index (χ2v) is 6.01. The van der Waals surface area contributed by atoms with Crippen LogP contribution in [0.4, 0.5) is 13.2 Å². The van der Waals surface area contributed by atoms with Crippen LogP contribution in [0.2, 0.25) is 0 Å². The van der Waals surface area contributed by atoms with E-state index in [2.05, 4.69) is 29.5 Å². The molecule has 0 spiro atoms. The number of hydrogen-bond acceptors (Lipinski definition) is 3. The van der Waals surface area contributed by atoms with Gasteiger partial charge in [0, 0.05) is 26.7 Å². The summed E-state index contributed by atoms with van der Waals surface area (Å²) in [5.74, 6) is 0.0815. The van der Waals surface area contributed by atoms with Crippen LogP contribution in [0.15, 0.2) is 4.99 Å². The molecule has 0 aromatic rings. The lowest BCUT2D eigenvalue weighted by atomic mass is 10.0. The molecule has 0 aromatic heterocycles. The molecule has 1 unspecified atom stereocenters. The number of alkyl halides is 3. The van der Waals surface area contributed by atoms with Gasteiger partial charge < -0.3 is 20.3 Å². The SMILES string of the molecule is CCNC(=NCC(=O)N(C)CC(F)(F)F)NCCC(OCC)C(C)C.I. The Morgan fingerprint density at radius 3 is 2.31 bits per heavy atom. The number of likely N-dealkylation sites (N-methyl/N-ethyl adjacent to an activating group) is 1. The van der Waals surface area contributed by atoms with Crippen molar-refractivity contribution in [2.75, 3.05) is 39.8 Å². The fourth-order valence-corrected chi connectivity index (χ4v) is 2.12. The van der Waals surface area contributed by atoms with E-state index in [4.69, 9.17) is 4.74 Å². The Morgan fingerprint density at radius 2 is 1.85 bits per heavy atom. The van der Waals surface area contributed by atoms with E-state index in [1.165, 1.54) is 0 Å². The maximum absolute atomic E-state index is 12.3. The third-order valence-corrected chi connectivity index (χ3v) is 3.40. The van der Waals surface area contributed by atoms with E-state index in [0.29, 0.717) is 36.5 Å². The van der Waals surface area contributed by atoms with Crippen LogP contribution in [0.3, 0.4) is 0 Å². The predicted octanol–water partition coefficient (Wildman–Crippen LogP) is 2.63. The first-order valence-corrected chi connectivity index (χ1v) is 8.55. The minimum Gasteiger partial charge on any atom is -0.378 e. The minimum atomic E-state index is -4.41. The third-order valence-electron chi connectivity index (χ3n) is 3.40. The first-order chi connectivity index (χ1) is 11.6. The first kappa shape index (κ1) is 27.4. The molecule has 0 rings (SSSR count). The van der Waals surface area contributed by atoms with Gasteiger partial charge in [0.25, 0.3) is 0 Å². The highest BCUT2D eigenvalue weighted by Crippen LogP contribution is 2.15. The average Bonchev–Trinajstić information content (AvgIpc) is 2.49. The van der Waals surface area contributed by atoms with Crippen LogP contribution < -0.4 is 10.6 Å². The van der Waals surface area contributed by atoms with Crippen molar-refractivity contribution in [2.45, 2.75) is 46.4 Å². The van der Waals surface area contributed by atoms with Gasteiger partial charge in [0.05, 0.1) is 6.10 Å². The molecule has 26 heavy (non-hydrogen) atoms. The minimum absolute atomic E-state index is 0. The lowest BCUT2D eigenvalue weighted by molar-refractivity contribution is -0.157. The van der Waals surface area contributed by atoms with Crippen molar-refractivity contribution in [2.24, 2.45) is 10.9 Å². The fourth-order valence-electron chi connectivity index (χ4n) is 2.12. The Bertz CT molecular complexity index is 421. The van der Waals surface area contributed by atoms with Gasteiger partial charge in [0.15, 0.2) is 5.96 Å². The lowest BCUT2D eigenvalue weighted by Gasteiger charge is -2.21. The van der Waals surface area contributed by atoms with Crippen LogP contribution in [0.5, 0.6) is 0 Å². The highest BCUT2D eigenvalue weighted by molar-refractivity contribution is 14.0. The largest absolute Gasteiger partial charge is 0.406 e. The molecule has 0 saturated carbocycles. The summed E-state index contributed by atoms with van der Waals surface area (Å²) in [6.45, 7) is 8.14. The molecule has 0 fully saturated rings. The Hall–Kier alpha value is -0.780. The molecular formula is C16H32F3IN4O2. The fraction of sp³-hybridized carbons (Fsp3) is 0.875. The van der Waals surface area contributed by atoms with Crippen LogP contribution in [0.1, 0.15) is 34.1 Å². The number of hydrogen-bond donors (Lipinski definition) is 2. The third kappa shape index (κ3) is 13.4. The summed E-state index contributed by atoms with van der Waals surface area (Å²) in [4.78, 5) is 16.4. The summed E-state index contributed by atoms with van der Waals surface area (Å²) in [5, 5.41) is 6.04. The van der Waals surface area contributed by atoms with Gasteiger partial charge in [-0.15, -0.1) is 24.0 Å². The predicted molar refractivity (Wildman–Crippen MR) is 108 cm³/mol. The molecule has 2 N–H and O–H groups in total. The zero-order valence-electron chi connectivity index (χ0n) is 16.2. The van der Waals surface area contributed by atoms with Gasteiger partial charge in [-0.1, -0.05) is 13.8 Å². The number of rotatable bonds is 10. The number of nitrogens with one attached hydrogen (secondary N) is 2. The molecule has 0 aliphatic carbocycles. The molecule has 0 radical (unpaired) electrons. The molecule has 0 aromatic carbocycles. The second-order valence-electron chi connectivity index (χ2n) is 6.01. The van der Waals surface area contributed by atoms with E-state index in [1.54, 1.807) is 0 Å². The van der Waals surface area contributed by atoms with Gasteiger partial charge in [-0.05, 0) is 26.2 Å². The van der Waals surface area contributed by atoms with Crippen molar-refractivity contribution in [3.63, 3.8) is 0 Å². The van der Waals surface area contributed by atoms with Gasteiger partial charge >= 0.3 is 6.18 Å². The van der Waals surface area contributed by atoms with Crippen molar-refractivity contribution in [3.8, 4) is 0 Å². The summed E-state index contributed by atoms with van der Waals surface area (Å²) in [5.41, 5.74) is 0. The molecule has 6 nitrogen and oxygen atoms in total. The van der Waals surface area contributed by atoms with Gasteiger partial charge in [0.2, 0.25) is 5.91 Å². The van der Waals surface area contributed by atoms with Gasteiger partial charge in [-0.3, -0.25) is 4.79 Å². The molecule has 0 aliphatic rings. The number of carbonyl (C=O) groups is 1. The van der Waals surface area contributed by atoms with Gasteiger partial charge in [-0.2, -0.15) is 13.2 Å². The van der Waals surface area contributed by atoms with Crippen LogP contribution in [0.25, 0.3) is 0 Å². The van der Waals surface area contributed by atoms with E-state index >= 15 is 0 Å². The number of amides is 1. The number of guanidine groups is 1. The van der Waals surface area contributed by atoms with Crippen LogP contribution in [-0.2, 0) is 9.53 Å². The first-order valence-electron chi connectivity index (χ1n) is 8.55. The highest BCUT2D eigenvalue weighted by Gasteiger charge is 2.31. The average molecular weight is 496 g/mol. The Labute approximate surface area is 171 Å². The van der Waals surface area contributed by atoms with Crippen molar-refractivity contribution in [1.29, 1.82) is 0 Å². The second kappa shape index (κ2) is 14.3. The van der Waals surface area contributed by atoms with Crippen molar-refractivity contribution in [1.82, 2.24) is 15.5 Å². The normalized spacial score (nSPS) is 13.2. The van der Waals surface area contributed by atoms with Gasteiger partial charge in [0.1, 0.15) is 13.1 Å². The summed E-state index contributed by atoms with van der Waals surface area (Å²) in [6.07, 6.45) is -3.54. The number of nitrogens with zero attached hydrogens (tertiary/aromatic N) is 2. The zero-order valence-corrected chi connectivity index (χ0v) is 18.5. The zero-order chi connectivity index (χ0) is 19.5. The standard InChI is InChI=1S/C16H31F3N4O2.HI/c1-6-20-15(21-9-8-13(12(3)4)25-7-2)22-10-14(24)23(5)11-16(17,18)19;/h12-13H,6-11H2,1-5H3,(H2,20,21,22);1H. The number of ether oxygens (including phenoxy) is 1. The molecule has 0 saturated heterocycles. The van der Waals surface area contributed by atoms with Crippen molar-refractivity contribution in [3.05, 3.63) is 0 Å². The summed E-state index contributed by atoms with van der Waals surface area (Å²) in [6, 6.07) is 0. The van der Waals surface area contributed by atoms with Crippen molar-refractivity contribution >= 4 is 35.8 Å². The molecule has 1 amide bonds. The Balaban J connectivity index is 0. The molecular weight excluding hydrogens is 464 g/mol. The Kier molecular flexibility index (Phi) is 15.1. The van der Waals surface area contributed by atoms with E-state index in [-0.39, 0.29) is 36.6 Å². The summed E-state index contributed by atoms with van der Waals surface area (Å²) >= 11 is 0. The molecule has 156 valence electrons. The van der Waals surface area contributed by atoms with Crippen LogP contribution in [-0.4, -0.2) is 68.9 Å². The topological polar surface area (TPSA) is 66.0 Å². The quantitative estimate of drug-likeness (QED) is 0.277. The summed E-state index contributed by atoms with van der Waals surface area (Å²) < 4.78 is 42.5. The maximum Gasteiger partial charge on any atom is 0.406 e. The summed E-state index contributed by atoms with van der Waals surface area (Å²) in [7, 11) is 1.11. The van der Waals surface area contributed by atoms with Crippen LogP contribution in [0, 0.1) is 5.92 Å². The smallest absolute Gasteiger partial charge is 0.378 e. The van der Waals surface area contributed by atoms with E-state index in [1.807, 2.05) is 13.8 Å². The highest BCUT2D eigenvalue weighted by atomic mass is 127. The number of aliphatic imine (C=N–C) groups is 1. The molecule has 0 aliphatic heterocycles. The van der Waals surface area contributed by atoms with E-state index in [9.17, 15) is 18.0 Å². The van der Waals surface area contributed by atoms with Crippen molar-refractivity contribution < 1.29 is 22.7 Å². The van der Waals surface area contributed by atoms with E-state index < -0.39 is 18.6 Å². The van der Waals surface area contributed by atoms with E-state index in [0.717, 1.165) is 13.5 Å². The Morgan fingerprint density at radius 1 is 1.23 bits per heavy atom. The van der Waals surface area contributed by atoms with Crippen LogP contribution >= 0.6 is 24.0 Å². The number of carbonyl (C=O) groups excluding carboxylic acids is 1.